The summed E-state index contributed by atoms with van der Waals surface area (Å²) in [6.45, 7) is 5.85. The van der Waals surface area contributed by atoms with Crippen molar-refractivity contribution >= 4 is 41.0 Å². The molecule has 0 bridgehead atoms. The first-order valence-electron chi connectivity index (χ1n) is 17.3. The molecular weight excluding hydrogens is 676 g/mol. The van der Waals surface area contributed by atoms with Crippen molar-refractivity contribution in [1.82, 2.24) is 34.3 Å². The molecule has 0 spiro atoms. The van der Waals surface area contributed by atoms with Gasteiger partial charge < -0.3 is 25.1 Å². The Morgan fingerprint density at radius 2 is 1.76 bits per heavy atom. The van der Waals surface area contributed by atoms with Gasteiger partial charge in [0.25, 0.3) is 6.43 Å². The molecule has 4 heterocycles. The molecule has 16 heteroatoms. The maximum atomic E-state index is 14.0. The van der Waals surface area contributed by atoms with E-state index in [9.17, 15) is 27.2 Å². The lowest BCUT2D eigenvalue weighted by atomic mass is 9.88. The monoisotopic (exact) mass is 724 g/mol. The lowest BCUT2D eigenvalue weighted by Gasteiger charge is -2.33. The number of carbonyl (C=O) groups is 2. The van der Waals surface area contributed by atoms with Gasteiger partial charge in [0.2, 0.25) is 11.9 Å². The molecule has 1 amide bonds. The van der Waals surface area contributed by atoms with Crippen molar-refractivity contribution < 1.29 is 31.9 Å². The molecule has 2 aromatic heterocycles. The van der Waals surface area contributed by atoms with Gasteiger partial charge in [-0.15, -0.1) is 0 Å². The highest BCUT2D eigenvalue weighted by atomic mass is 32.2. The molecular formula is C34H48F4N8O3S. The van der Waals surface area contributed by atoms with Crippen molar-refractivity contribution in [3.05, 3.63) is 41.9 Å². The molecule has 1 unspecified atom stereocenters. The standard InChI is InChI=1S/C32H42F4N8O3S.C2H6/c1-37-28(46)6-4-24(20-45)44-27-5-3-22(17-26(27)29(41-44)30(33)34)21-7-12-42(13-8-21)11-2-16-48-43-14-9-23(10-15-43)40-32-38-18-25(19-39-32)47-31(35)36;1-2/h3,5,17-21,23-24,30-31H,2,4,6-16H2,1H3,(H,37,46)(H,38,39,40);1-2H3. The topological polar surface area (TPSA) is 118 Å². The largest absolute Gasteiger partial charge is 0.432 e. The predicted octanol–water partition coefficient (Wildman–Crippen LogP) is 6.45. The zero-order chi connectivity index (χ0) is 36.0. The quantitative estimate of drug-likeness (QED) is 0.0739. The molecule has 50 heavy (non-hydrogen) atoms. The summed E-state index contributed by atoms with van der Waals surface area (Å²) in [4.78, 5) is 34.1. The normalized spacial score (nSPS) is 17.1. The zero-order valence-corrected chi connectivity index (χ0v) is 29.7. The highest BCUT2D eigenvalue weighted by Crippen LogP contribution is 2.35. The summed E-state index contributed by atoms with van der Waals surface area (Å²) in [6, 6.07) is 4.96. The number of hydrogen-bond donors (Lipinski definition) is 2. The molecule has 2 saturated heterocycles. The van der Waals surface area contributed by atoms with Crippen LogP contribution in [0.3, 0.4) is 0 Å². The van der Waals surface area contributed by atoms with Gasteiger partial charge in [0, 0.05) is 43.7 Å². The molecule has 0 aliphatic carbocycles. The molecule has 0 radical (unpaired) electrons. The summed E-state index contributed by atoms with van der Waals surface area (Å²) >= 11 is 1.86. The molecule has 276 valence electrons. The molecule has 2 fully saturated rings. The second kappa shape index (κ2) is 19.8. The van der Waals surface area contributed by atoms with E-state index in [-0.39, 0.29) is 42.2 Å². The number of nitrogens with one attached hydrogen (secondary N) is 2. The summed E-state index contributed by atoms with van der Waals surface area (Å²) in [5, 5.41) is 10.3. The lowest BCUT2D eigenvalue weighted by molar-refractivity contribution is -0.121. The maximum Gasteiger partial charge on any atom is 0.387 e. The van der Waals surface area contributed by atoms with Gasteiger partial charge >= 0.3 is 6.61 Å². The average Bonchev–Trinajstić information content (AvgIpc) is 3.52. The number of rotatable bonds is 16. The Kier molecular flexibility index (Phi) is 15.5. The van der Waals surface area contributed by atoms with Crippen LogP contribution in [0.4, 0.5) is 23.5 Å². The number of nitrogens with zero attached hydrogens (tertiary/aromatic N) is 6. The molecule has 2 N–H and O–H groups in total. The van der Waals surface area contributed by atoms with Gasteiger partial charge in [0.1, 0.15) is 18.0 Å². The number of aromatic nitrogens is 4. The average molecular weight is 725 g/mol. The van der Waals surface area contributed by atoms with Crippen LogP contribution in [0.5, 0.6) is 5.75 Å². The number of hydrogen-bond acceptors (Lipinski definition) is 10. The number of likely N-dealkylation sites (tertiary alicyclic amines) is 1. The van der Waals surface area contributed by atoms with Crippen LogP contribution < -0.4 is 15.4 Å². The first kappa shape index (κ1) is 39.3. The Hall–Kier alpha value is -3.50. The van der Waals surface area contributed by atoms with Crippen LogP contribution in [0, 0.1) is 0 Å². The number of benzene rings is 1. The Bertz CT molecular complexity index is 1480. The Morgan fingerprint density at radius 3 is 2.38 bits per heavy atom. The van der Waals surface area contributed by atoms with Crippen molar-refractivity contribution in [2.75, 3.05) is 50.8 Å². The number of piperidine rings is 2. The van der Waals surface area contributed by atoms with E-state index in [0.29, 0.717) is 23.1 Å². The first-order chi connectivity index (χ1) is 24.2. The Morgan fingerprint density at radius 1 is 1.06 bits per heavy atom. The fourth-order valence-electron chi connectivity index (χ4n) is 6.34. The lowest BCUT2D eigenvalue weighted by Crippen LogP contribution is -2.36. The van der Waals surface area contributed by atoms with Crippen molar-refractivity contribution in [1.29, 1.82) is 0 Å². The van der Waals surface area contributed by atoms with E-state index in [4.69, 9.17) is 0 Å². The third kappa shape index (κ3) is 11.0. The number of amides is 1. The number of anilines is 1. The van der Waals surface area contributed by atoms with Gasteiger partial charge in [-0.25, -0.2) is 18.7 Å². The van der Waals surface area contributed by atoms with E-state index >= 15 is 0 Å². The number of aldehydes is 1. The fraction of sp³-hybridized carbons (Fsp3) is 0.618. The third-order valence-corrected chi connectivity index (χ3v) is 10.2. The minimum Gasteiger partial charge on any atom is -0.432 e. The molecule has 3 aromatic rings. The van der Waals surface area contributed by atoms with Crippen LogP contribution in [0.25, 0.3) is 10.9 Å². The Balaban J connectivity index is 0.00000276. The van der Waals surface area contributed by atoms with Gasteiger partial charge in [-0.2, -0.15) is 13.9 Å². The fourth-order valence-corrected chi connectivity index (χ4v) is 7.33. The number of fused-ring (bicyclic) bond motifs is 1. The minimum absolute atomic E-state index is 0.0675. The summed E-state index contributed by atoms with van der Waals surface area (Å²) in [5.74, 6) is 1.39. The number of carbonyl (C=O) groups excluding carboxylic acids is 2. The van der Waals surface area contributed by atoms with E-state index in [1.165, 1.54) is 24.1 Å². The van der Waals surface area contributed by atoms with Crippen LogP contribution >= 0.6 is 11.9 Å². The first-order valence-corrected chi connectivity index (χ1v) is 18.3. The van der Waals surface area contributed by atoms with Gasteiger partial charge in [0.15, 0.2) is 5.75 Å². The summed E-state index contributed by atoms with van der Waals surface area (Å²) in [7, 11) is 1.51. The second-order valence-corrected chi connectivity index (χ2v) is 13.3. The van der Waals surface area contributed by atoms with E-state index in [1.807, 2.05) is 37.9 Å². The number of alkyl halides is 4. The van der Waals surface area contributed by atoms with Gasteiger partial charge in [-0.05, 0) is 81.8 Å². The van der Waals surface area contributed by atoms with E-state index in [2.05, 4.69) is 39.6 Å². The van der Waals surface area contributed by atoms with Crippen molar-refractivity contribution in [3.63, 3.8) is 0 Å². The molecule has 5 rings (SSSR count). The molecule has 0 saturated carbocycles. The molecule has 2 aliphatic heterocycles. The number of halogens is 4. The molecule has 1 atom stereocenters. The zero-order valence-electron chi connectivity index (χ0n) is 28.9. The van der Waals surface area contributed by atoms with Gasteiger partial charge in [0.05, 0.1) is 17.9 Å². The maximum absolute atomic E-state index is 14.0. The molecule has 2 aliphatic rings. The van der Waals surface area contributed by atoms with Crippen LogP contribution in [0.15, 0.2) is 30.6 Å². The molecule has 11 nitrogen and oxygen atoms in total. The van der Waals surface area contributed by atoms with E-state index in [0.717, 1.165) is 76.1 Å². The van der Waals surface area contributed by atoms with Crippen molar-refractivity contribution in [3.8, 4) is 5.75 Å². The van der Waals surface area contributed by atoms with E-state index < -0.39 is 19.1 Å². The summed E-state index contributed by atoms with van der Waals surface area (Å²) in [5.41, 5.74) is 1.15. The van der Waals surface area contributed by atoms with Crippen LogP contribution in [-0.4, -0.2) is 99.3 Å². The van der Waals surface area contributed by atoms with Gasteiger partial charge in [-0.1, -0.05) is 31.9 Å². The van der Waals surface area contributed by atoms with Gasteiger partial charge in [-0.3, -0.25) is 13.8 Å². The smallest absolute Gasteiger partial charge is 0.387 e. The van der Waals surface area contributed by atoms with Crippen LogP contribution in [0.1, 0.15) is 88.4 Å². The van der Waals surface area contributed by atoms with Crippen LogP contribution in [-0.2, 0) is 9.59 Å². The number of ether oxygens (including phenoxy) is 1. The van der Waals surface area contributed by atoms with Crippen molar-refractivity contribution in [2.45, 2.75) is 89.8 Å². The SMILES string of the molecule is CC.CNC(=O)CCC(C=O)n1nc(C(F)F)c2cc(C3CCN(CCCSN4CCC(Nc5ncc(OC(F)F)cn5)CC4)CC3)ccc21. The molecule has 1 aromatic carbocycles. The summed E-state index contributed by atoms with van der Waals surface area (Å²) in [6.07, 6.45) is 5.42. The van der Waals surface area contributed by atoms with Crippen molar-refractivity contribution in [2.24, 2.45) is 0 Å². The predicted molar refractivity (Wildman–Crippen MR) is 187 cm³/mol. The summed E-state index contributed by atoms with van der Waals surface area (Å²) < 4.78 is 60.6. The van der Waals surface area contributed by atoms with Crippen LogP contribution in [0.2, 0.25) is 0 Å². The van der Waals surface area contributed by atoms with E-state index in [1.54, 1.807) is 6.07 Å². The third-order valence-electron chi connectivity index (χ3n) is 8.97. The highest BCUT2D eigenvalue weighted by Gasteiger charge is 2.26. The Labute approximate surface area is 295 Å². The second-order valence-electron chi connectivity index (χ2n) is 12.1. The highest BCUT2D eigenvalue weighted by molar-refractivity contribution is 7.97. The minimum atomic E-state index is -2.90.